The first-order valence-corrected chi connectivity index (χ1v) is 32.3. The Kier molecular flexibility index (Phi) is 26.4. The number of hydrogen-bond donors (Lipinski definition) is 0. The van der Waals surface area contributed by atoms with Crippen LogP contribution in [0.2, 0.25) is 0 Å². The predicted octanol–water partition coefficient (Wildman–Crippen LogP) is 17.1. The van der Waals surface area contributed by atoms with E-state index in [-0.39, 0.29) is 53.3 Å². The number of carbonyl (C=O) groups excluding carboxylic acids is 4. The second-order valence-electron chi connectivity index (χ2n) is 24.3. The van der Waals surface area contributed by atoms with Crippen molar-refractivity contribution in [1.29, 1.82) is 0 Å². The largest absolute Gasteiger partial charge is 0.497 e. The van der Waals surface area contributed by atoms with Crippen LogP contribution in [0, 0.1) is 0 Å². The summed E-state index contributed by atoms with van der Waals surface area (Å²) in [7, 11) is 6.13. The highest BCUT2D eigenvalue weighted by Crippen LogP contribution is 2.31. The summed E-state index contributed by atoms with van der Waals surface area (Å²) in [6.45, 7) is 21.4. The Hall–Kier alpha value is -10.0. The van der Waals surface area contributed by atoms with Gasteiger partial charge in [0.15, 0.2) is 22.8 Å². The maximum atomic E-state index is 12.4. The quantitative estimate of drug-likeness (QED) is 0.0429. The fraction of sp³-hybridized carbons (Fsp3) is 0.385. The SMILES string of the molecule is CCC(C)OC(=O)c1cc(OC)cc(-c2ccc(OC(C)C)cc2)n1.CCc1ccc(-c2cc(OC)cc(C(=O)OC(C)(C)C)n2)cc1.COc1cc(C(=O)OC2CCC2)nc(-c2ccc(OC(C)C)cc2)c1.[2H]C([2H])([2H])C([2H])(C)OC(=O)c1cc(OC)cc(-c2ccc(OC(C)C)cc2)n1. The van der Waals surface area contributed by atoms with Crippen molar-refractivity contribution >= 4 is 23.9 Å². The van der Waals surface area contributed by atoms with Crippen LogP contribution in [-0.4, -0.2) is 114 Å². The fourth-order valence-corrected chi connectivity index (χ4v) is 8.89. The Morgan fingerprint density at radius 2 is 0.773 bits per heavy atom. The van der Waals surface area contributed by atoms with Gasteiger partial charge in [0.25, 0.3) is 0 Å². The van der Waals surface area contributed by atoms with Crippen LogP contribution in [0.1, 0.15) is 176 Å². The van der Waals surface area contributed by atoms with E-state index in [1.807, 2.05) is 143 Å². The lowest BCUT2D eigenvalue weighted by Gasteiger charge is -2.25. The zero-order chi connectivity index (χ0) is 74.4. The van der Waals surface area contributed by atoms with Crippen molar-refractivity contribution < 1.29 is 76.8 Å². The lowest BCUT2D eigenvalue weighted by molar-refractivity contribution is 0.00580. The molecule has 4 aromatic heterocycles. The molecule has 0 saturated heterocycles. The van der Waals surface area contributed by atoms with Gasteiger partial charge in [-0.25, -0.2) is 39.1 Å². The first-order chi connectivity index (χ1) is 47.7. The molecule has 19 heteroatoms. The number of aromatic nitrogens is 4. The van der Waals surface area contributed by atoms with Crippen molar-refractivity contribution in [3.05, 3.63) is 174 Å². The summed E-state index contributed by atoms with van der Waals surface area (Å²) in [6.07, 6.45) is 2.45. The maximum Gasteiger partial charge on any atom is 0.357 e. The second kappa shape index (κ2) is 36.7. The molecule has 0 aliphatic heterocycles. The number of ether oxygens (including phenoxy) is 11. The first-order valence-electron chi connectivity index (χ1n) is 34.3. The van der Waals surface area contributed by atoms with E-state index in [4.69, 9.17) is 57.6 Å². The highest BCUT2D eigenvalue weighted by Gasteiger charge is 2.25. The molecule has 1 saturated carbocycles. The maximum absolute atomic E-state index is 12.4. The molecule has 8 aromatic rings. The van der Waals surface area contributed by atoms with E-state index in [0.717, 1.165) is 67.2 Å². The molecule has 19 nitrogen and oxygen atoms in total. The van der Waals surface area contributed by atoms with E-state index in [0.29, 0.717) is 57.1 Å². The minimum atomic E-state index is -2.80. The molecule has 9 rings (SSSR count). The van der Waals surface area contributed by atoms with E-state index >= 15 is 0 Å². The first kappa shape index (κ1) is 69.8. The molecule has 1 aliphatic carbocycles. The third-order valence-corrected chi connectivity index (χ3v) is 14.1. The van der Waals surface area contributed by atoms with Gasteiger partial charge < -0.3 is 52.1 Å². The molecule has 0 spiro atoms. The van der Waals surface area contributed by atoms with Crippen molar-refractivity contribution in [3.63, 3.8) is 0 Å². The lowest BCUT2D eigenvalue weighted by Crippen LogP contribution is -2.25. The highest BCUT2D eigenvalue weighted by atomic mass is 16.6. The molecule has 1 aliphatic rings. The third kappa shape index (κ3) is 24.6. The van der Waals surface area contributed by atoms with Gasteiger partial charge in [0.1, 0.15) is 52.0 Å². The number of nitrogens with zero attached hydrogens (tertiary/aromatic N) is 4. The molecule has 2 atom stereocenters. The van der Waals surface area contributed by atoms with Crippen molar-refractivity contribution in [3.8, 4) is 85.3 Å². The minimum Gasteiger partial charge on any atom is -0.497 e. The number of carbonyl (C=O) groups is 4. The van der Waals surface area contributed by atoms with Crippen LogP contribution in [0.25, 0.3) is 45.0 Å². The fourth-order valence-electron chi connectivity index (χ4n) is 8.89. The highest BCUT2D eigenvalue weighted by molar-refractivity contribution is 5.91. The topological polar surface area (TPSA) is 221 Å². The van der Waals surface area contributed by atoms with Crippen molar-refractivity contribution in [2.24, 2.45) is 0 Å². The van der Waals surface area contributed by atoms with Gasteiger partial charge in [0.05, 0.1) is 83.1 Å². The molecular weight excluding hydrogens is 1230 g/mol. The number of esters is 4. The van der Waals surface area contributed by atoms with Crippen LogP contribution in [0.5, 0.6) is 40.2 Å². The molecule has 0 radical (unpaired) electrons. The van der Waals surface area contributed by atoms with Gasteiger partial charge in [-0.2, -0.15) is 0 Å². The van der Waals surface area contributed by atoms with E-state index in [1.54, 1.807) is 82.0 Å². The molecule has 1 fully saturated rings. The Labute approximate surface area is 577 Å². The summed E-state index contributed by atoms with van der Waals surface area (Å²) < 4.78 is 88.9. The van der Waals surface area contributed by atoms with Crippen molar-refractivity contribution in [2.45, 2.75) is 171 Å². The summed E-state index contributed by atoms with van der Waals surface area (Å²) in [5, 5.41) is 0. The zero-order valence-electron chi connectivity index (χ0n) is 62.7. The summed E-state index contributed by atoms with van der Waals surface area (Å²) in [5.41, 5.74) is 7.10. The van der Waals surface area contributed by atoms with Gasteiger partial charge in [-0.3, -0.25) is 0 Å². The van der Waals surface area contributed by atoms with E-state index in [2.05, 4.69) is 39.0 Å². The Bertz CT molecular complexity index is 3890. The molecule has 0 bridgehead atoms. The number of benzene rings is 4. The number of pyridine rings is 4. The zero-order valence-corrected chi connectivity index (χ0v) is 58.7. The average Bonchev–Trinajstić information content (AvgIpc) is 0.826. The molecule has 2 unspecified atom stereocenters. The molecule has 0 amide bonds. The lowest BCUT2D eigenvalue weighted by atomic mass is 9.96. The van der Waals surface area contributed by atoms with Gasteiger partial charge in [0.2, 0.25) is 0 Å². The standard InChI is InChI=1S/C20H23NO4.C20H25NO4.C19H23NO4.C19H23NO3/c1-13(2)24-16-9-7-14(8-10-16)18-11-17(23-3)12-19(21-18)20(22)25-15-5-4-6-15;1-6-14(4)25-20(22)19-12-17(23-5)11-18(21-19)15-7-9-16(10-8-15)24-13(2)3;1-12(2)23-15-8-6-14(7-9-15)17-10-16(22-5)11-18(20-17)19(21)24-13(3)4;1-6-13-7-9-14(10-8-13)16-11-15(22-5)12-17(20-16)18(21)23-19(2,3)4/h7-13,15H,4-6H2,1-3H3;7-14H,6H2,1-5H3;6-13H,1-5H3;7-12H,6H2,1-5H3/i;;3D3,13D;. The summed E-state index contributed by atoms with van der Waals surface area (Å²) >= 11 is 0. The number of hydrogen-bond acceptors (Lipinski definition) is 19. The monoisotopic (exact) mass is 1330 g/mol. The van der Waals surface area contributed by atoms with Crippen LogP contribution in [0.3, 0.4) is 0 Å². The molecule has 97 heavy (non-hydrogen) atoms. The molecular formula is C78H94N4O15. The van der Waals surface area contributed by atoms with Crippen LogP contribution in [0.15, 0.2) is 146 Å². The predicted molar refractivity (Wildman–Crippen MR) is 376 cm³/mol. The molecule has 4 aromatic carbocycles. The smallest absolute Gasteiger partial charge is 0.357 e. The molecule has 516 valence electrons. The Balaban J connectivity index is 0.000000212. The van der Waals surface area contributed by atoms with E-state index < -0.39 is 42.4 Å². The van der Waals surface area contributed by atoms with Crippen LogP contribution < -0.4 is 33.2 Å². The number of methoxy groups -OCH3 is 4. The van der Waals surface area contributed by atoms with Crippen molar-refractivity contribution in [1.82, 2.24) is 19.9 Å². The molecule has 0 N–H and O–H groups in total. The normalized spacial score (nSPS) is 13.4. The van der Waals surface area contributed by atoms with Gasteiger partial charge in [-0.15, -0.1) is 0 Å². The number of aryl methyl sites for hydroxylation is 1. The van der Waals surface area contributed by atoms with Crippen molar-refractivity contribution in [2.75, 3.05) is 28.4 Å². The second-order valence-corrected chi connectivity index (χ2v) is 24.3. The van der Waals surface area contributed by atoms with Gasteiger partial charge in [-0.05, 0) is 193 Å². The Morgan fingerprint density at radius 1 is 0.454 bits per heavy atom. The summed E-state index contributed by atoms with van der Waals surface area (Å²) in [4.78, 5) is 66.8. The van der Waals surface area contributed by atoms with E-state index in [9.17, 15) is 19.2 Å². The Morgan fingerprint density at radius 3 is 1.05 bits per heavy atom. The summed E-state index contributed by atoms with van der Waals surface area (Å²) in [5.74, 6) is 2.02. The van der Waals surface area contributed by atoms with Gasteiger partial charge >= 0.3 is 23.9 Å². The van der Waals surface area contributed by atoms with Gasteiger partial charge in [0, 0.05) is 74.9 Å². The summed E-state index contributed by atoms with van der Waals surface area (Å²) in [6, 6.07) is 43.6. The van der Waals surface area contributed by atoms with E-state index in [1.165, 1.54) is 18.7 Å². The third-order valence-electron chi connectivity index (χ3n) is 14.1. The van der Waals surface area contributed by atoms with Crippen LogP contribution >= 0.6 is 0 Å². The van der Waals surface area contributed by atoms with Gasteiger partial charge in [-0.1, -0.05) is 38.1 Å². The minimum absolute atomic E-state index is 0.0245. The van der Waals surface area contributed by atoms with Crippen LogP contribution in [0.4, 0.5) is 0 Å². The number of rotatable bonds is 23. The average molecular weight is 1330 g/mol. The van der Waals surface area contributed by atoms with Crippen LogP contribution in [-0.2, 0) is 25.4 Å². The molecule has 4 heterocycles.